The second-order valence-corrected chi connectivity index (χ2v) is 8.94. The van der Waals surface area contributed by atoms with Gasteiger partial charge in [-0.25, -0.2) is 4.98 Å². The second kappa shape index (κ2) is 10.2. The number of anilines is 1. The third-order valence-electron chi connectivity index (χ3n) is 5.14. The van der Waals surface area contributed by atoms with Crippen molar-refractivity contribution in [2.45, 2.75) is 40.3 Å². The van der Waals surface area contributed by atoms with Crippen molar-refractivity contribution in [3.63, 3.8) is 0 Å². The summed E-state index contributed by atoms with van der Waals surface area (Å²) in [7, 11) is 0. The van der Waals surface area contributed by atoms with E-state index in [1.807, 2.05) is 45.9 Å². The van der Waals surface area contributed by atoms with Gasteiger partial charge < -0.3 is 14.8 Å². The summed E-state index contributed by atoms with van der Waals surface area (Å²) in [6, 6.07) is 12.1. The van der Waals surface area contributed by atoms with Crippen LogP contribution in [0.1, 0.15) is 36.7 Å². The molecule has 2 aromatic carbocycles. The third kappa shape index (κ3) is 5.81. The lowest BCUT2D eigenvalue weighted by molar-refractivity contribution is -0.118. The van der Waals surface area contributed by atoms with Gasteiger partial charge in [-0.2, -0.15) is 9.50 Å². The van der Waals surface area contributed by atoms with Crippen LogP contribution in [0.15, 0.2) is 53.6 Å². The van der Waals surface area contributed by atoms with Crippen LogP contribution in [0, 0.1) is 13.8 Å². The highest BCUT2D eigenvalue weighted by Crippen LogP contribution is 2.29. The molecule has 0 radical (unpaired) electrons. The molecule has 0 atom stereocenters. The minimum atomic E-state index is -0.367. The van der Waals surface area contributed by atoms with Crippen LogP contribution in [0.25, 0.3) is 5.78 Å². The lowest BCUT2D eigenvalue weighted by Crippen LogP contribution is -2.23. The van der Waals surface area contributed by atoms with Crippen LogP contribution in [0.4, 0.5) is 5.69 Å². The maximum Gasteiger partial charge on any atom is 0.274 e. The summed E-state index contributed by atoms with van der Waals surface area (Å²) in [5.41, 5.74) is 2.64. The van der Waals surface area contributed by atoms with E-state index in [-0.39, 0.29) is 36.5 Å². The summed E-state index contributed by atoms with van der Waals surface area (Å²) in [5.74, 6) is 0.919. The number of hydrogen-bond donors (Lipinski definition) is 1. The minimum absolute atomic E-state index is 0.00382. The number of carbonyl (C=O) groups is 1. The quantitative estimate of drug-likeness (QED) is 0.390. The Hall–Kier alpha value is -3.85. The number of hydrogen-bond acceptors (Lipinski definition) is 6. The third-order valence-corrected chi connectivity index (χ3v) is 5.37. The molecule has 10 heteroatoms. The molecule has 2 aromatic heterocycles. The monoisotopic (exact) mass is 495 g/mol. The molecule has 0 unspecified atom stereocenters. The van der Waals surface area contributed by atoms with Gasteiger partial charge in [0, 0.05) is 17.1 Å². The average Bonchev–Trinajstić information content (AvgIpc) is 3.22. The van der Waals surface area contributed by atoms with Crippen LogP contribution in [-0.4, -0.2) is 31.7 Å². The predicted octanol–water partition coefficient (Wildman–Crippen LogP) is 4.34. The molecule has 0 saturated heterocycles. The first-order chi connectivity index (χ1) is 16.7. The number of nitrogens with zero attached hydrogens (tertiary/aromatic N) is 4. The fraction of sp³-hybridized carbons (Fsp3) is 0.280. The number of aromatic nitrogens is 4. The van der Waals surface area contributed by atoms with Gasteiger partial charge >= 0.3 is 0 Å². The Bertz CT molecular complexity index is 1420. The lowest BCUT2D eigenvalue weighted by Gasteiger charge is -2.14. The summed E-state index contributed by atoms with van der Waals surface area (Å²) in [5, 5.41) is 3.20. The fourth-order valence-corrected chi connectivity index (χ4v) is 3.81. The number of halogens is 1. The standard InChI is InChI=1S/C25H26ClN5O4/c1-15(2)30-14-27-25-28-19(11-24(33)31(25)30)12-35-22-6-5-18(26)10-21(22)29-23(32)13-34-20-8-16(3)7-17(4)9-20/h5-11,14-15H,12-13H2,1-4H3,(H,29,32). The number of carbonyl (C=O) groups excluding carboxylic acids is 1. The van der Waals surface area contributed by atoms with E-state index in [2.05, 4.69) is 15.3 Å². The molecule has 1 amide bonds. The predicted molar refractivity (Wildman–Crippen MR) is 133 cm³/mol. The Morgan fingerprint density at radius 3 is 2.54 bits per heavy atom. The zero-order chi connectivity index (χ0) is 25.1. The molecule has 0 aliphatic rings. The highest BCUT2D eigenvalue weighted by atomic mass is 35.5. The van der Waals surface area contributed by atoms with Gasteiger partial charge in [-0.3, -0.25) is 14.3 Å². The van der Waals surface area contributed by atoms with Gasteiger partial charge in [0.15, 0.2) is 6.61 Å². The molecular formula is C25H26ClN5O4. The van der Waals surface area contributed by atoms with E-state index in [1.165, 1.54) is 10.6 Å². The number of aryl methyl sites for hydroxylation is 2. The molecule has 9 nitrogen and oxygen atoms in total. The molecule has 4 rings (SSSR count). The minimum Gasteiger partial charge on any atom is -0.485 e. The zero-order valence-corrected chi connectivity index (χ0v) is 20.7. The van der Waals surface area contributed by atoms with E-state index in [0.29, 0.717) is 27.9 Å². The lowest BCUT2D eigenvalue weighted by atomic mass is 10.1. The molecule has 0 aliphatic heterocycles. The number of nitrogens with one attached hydrogen (secondary N) is 1. The van der Waals surface area contributed by atoms with Gasteiger partial charge in [-0.15, -0.1) is 0 Å². The van der Waals surface area contributed by atoms with Crippen molar-refractivity contribution in [2.24, 2.45) is 0 Å². The van der Waals surface area contributed by atoms with Gasteiger partial charge in [-0.05, 0) is 69.2 Å². The van der Waals surface area contributed by atoms with Gasteiger partial charge in [0.1, 0.15) is 24.4 Å². The van der Waals surface area contributed by atoms with Crippen molar-refractivity contribution in [1.29, 1.82) is 0 Å². The molecule has 4 aromatic rings. The van der Waals surface area contributed by atoms with Gasteiger partial charge in [-0.1, -0.05) is 17.7 Å². The Balaban J connectivity index is 1.46. The largest absolute Gasteiger partial charge is 0.485 e. The van der Waals surface area contributed by atoms with Gasteiger partial charge in [0.2, 0.25) is 0 Å². The van der Waals surface area contributed by atoms with Crippen LogP contribution < -0.4 is 20.3 Å². The van der Waals surface area contributed by atoms with Crippen molar-refractivity contribution < 1.29 is 14.3 Å². The van der Waals surface area contributed by atoms with Crippen LogP contribution in [0.3, 0.4) is 0 Å². The number of rotatable bonds is 8. The first kappa shape index (κ1) is 24.3. The average molecular weight is 496 g/mol. The molecule has 0 bridgehead atoms. The van der Waals surface area contributed by atoms with Crippen LogP contribution >= 0.6 is 11.6 Å². The summed E-state index contributed by atoms with van der Waals surface area (Å²) in [4.78, 5) is 33.8. The number of benzene rings is 2. The molecule has 0 fully saturated rings. The second-order valence-electron chi connectivity index (χ2n) is 8.51. The Labute approximate surface area is 207 Å². The van der Waals surface area contributed by atoms with Crippen molar-refractivity contribution in [2.75, 3.05) is 11.9 Å². The molecule has 1 N–H and O–H groups in total. The van der Waals surface area contributed by atoms with Gasteiger partial charge in [0.25, 0.3) is 17.2 Å². The molecule has 0 saturated carbocycles. The molecule has 0 spiro atoms. The number of fused-ring (bicyclic) bond motifs is 1. The summed E-state index contributed by atoms with van der Waals surface area (Å²) in [6.45, 7) is 7.66. The van der Waals surface area contributed by atoms with E-state index >= 15 is 0 Å². The molecule has 2 heterocycles. The Morgan fingerprint density at radius 1 is 1.09 bits per heavy atom. The van der Waals surface area contributed by atoms with Crippen LogP contribution in [0.5, 0.6) is 11.5 Å². The van der Waals surface area contributed by atoms with Crippen molar-refractivity contribution in [3.05, 3.63) is 81.0 Å². The fourth-order valence-electron chi connectivity index (χ4n) is 3.64. The summed E-state index contributed by atoms with van der Waals surface area (Å²) < 4.78 is 14.6. The Morgan fingerprint density at radius 2 is 1.83 bits per heavy atom. The molecule has 0 aliphatic carbocycles. The normalized spacial score (nSPS) is 11.1. The van der Waals surface area contributed by atoms with E-state index in [1.54, 1.807) is 29.2 Å². The first-order valence-corrected chi connectivity index (χ1v) is 11.5. The highest BCUT2D eigenvalue weighted by Gasteiger charge is 2.13. The van der Waals surface area contributed by atoms with Gasteiger partial charge in [0.05, 0.1) is 11.4 Å². The van der Waals surface area contributed by atoms with E-state index in [9.17, 15) is 9.59 Å². The van der Waals surface area contributed by atoms with Crippen LogP contribution in [-0.2, 0) is 11.4 Å². The van der Waals surface area contributed by atoms with E-state index in [4.69, 9.17) is 21.1 Å². The maximum absolute atomic E-state index is 12.6. The first-order valence-electron chi connectivity index (χ1n) is 11.1. The van der Waals surface area contributed by atoms with Crippen LogP contribution in [0.2, 0.25) is 5.02 Å². The number of amides is 1. The SMILES string of the molecule is Cc1cc(C)cc(OCC(=O)Nc2cc(Cl)ccc2OCc2cc(=O)n3c(ncn3C(C)C)n2)c1. The topological polar surface area (TPSA) is 99.7 Å². The Kier molecular flexibility index (Phi) is 7.07. The summed E-state index contributed by atoms with van der Waals surface area (Å²) in [6.07, 6.45) is 1.58. The van der Waals surface area contributed by atoms with Crippen molar-refractivity contribution >= 4 is 29.0 Å². The summed E-state index contributed by atoms with van der Waals surface area (Å²) >= 11 is 6.13. The van der Waals surface area contributed by atoms with Crippen molar-refractivity contribution in [3.8, 4) is 11.5 Å². The van der Waals surface area contributed by atoms with E-state index < -0.39 is 0 Å². The van der Waals surface area contributed by atoms with Crippen molar-refractivity contribution in [1.82, 2.24) is 19.2 Å². The number of ether oxygens (including phenoxy) is 2. The highest BCUT2D eigenvalue weighted by molar-refractivity contribution is 6.31. The zero-order valence-electron chi connectivity index (χ0n) is 19.9. The molecule has 35 heavy (non-hydrogen) atoms. The van der Waals surface area contributed by atoms with E-state index in [0.717, 1.165) is 11.1 Å². The molecule has 182 valence electrons. The maximum atomic E-state index is 12.6. The molecular weight excluding hydrogens is 470 g/mol. The smallest absolute Gasteiger partial charge is 0.274 e.